The standard InChI is InChI=1S/C13H12N4/c14-13(12-8-15-17-16-12)11-7-3-5-9-4-1-2-6-10(9)11/h1-8,13H,14H2,(H,15,16,17). The first-order valence-electron chi connectivity index (χ1n) is 5.45. The van der Waals surface area contributed by atoms with Crippen molar-refractivity contribution >= 4 is 10.8 Å². The molecule has 2 aromatic carbocycles. The zero-order valence-electron chi connectivity index (χ0n) is 9.17. The summed E-state index contributed by atoms with van der Waals surface area (Å²) in [5, 5.41) is 12.8. The average Bonchev–Trinajstić information content (AvgIpc) is 2.91. The quantitative estimate of drug-likeness (QED) is 0.699. The number of benzene rings is 2. The van der Waals surface area contributed by atoms with E-state index in [1.54, 1.807) is 6.20 Å². The fraction of sp³-hybridized carbons (Fsp3) is 0.0769. The van der Waals surface area contributed by atoms with Gasteiger partial charge in [-0.3, -0.25) is 0 Å². The van der Waals surface area contributed by atoms with Crippen LogP contribution in [0.25, 0.3) is 10.8 Å². The Bertz CT molecular complexity index is 625. The molecule has 4 heteroatoms. The number of nitrogens with two attached hydrogens (primary N) is 1. The highest BCUT2D eigenvalue weighted by Gasteiger charge is 2.13. The van der Waals surface area contributed by atoms with Crippen molar-refractivity contribution in [2.45, 2.75) is 6.04 Å². The summed E-state index contributed by atoms with van der Waals surface area (Å²) in [6.07, 6.45) is 1.66. The first kappa shape index (κ1) is 9.99. The van der Waals surface area contributed by atoms with Gasteiger partial charge in [-0.15, -0.1) is 0 Å². The fourth-order valence-electron chi connectivity index (χ4n) is 2.04. The Labute approximate surface area is 98.5 Å². The topological polar surface area (TPSA) is 67.6 Å². The SMILES string of the molecule is NC(c1cn[nH]n1)c1cccc2ccccc12. The van der Waals surface area contributed by atoms with E-state index in [0.717, 1.165) is 16.6 Å². The maximum atomic E-state index is 6.20. The Kier molecular flexibility index (Phi) is 2.34. The van der Waals surface area contributed by atoms with Crippen LogP contribution in [0.15, 0.2) is 48.7 Å². The zero-order chi connectivity index (χ0) is 11.7. The van der Waals surface area contributed by atoms with Crippen LogP contribution in [0.1, 0.15) is 17.3 Å². The van der Waals surface area contributed by atoms with Gasteiger partial charge in [0.1, 0.15) is 5.69 Å². The minimum atomic E-state index is -0.250. The summed E-state index contributed by atoms with van der Waals surface area (Å²) in [6, 6.07) is 14.1. The Morgan fingerprint density at radius 2 is 1.88 bits per heavy atom. The van der Waals surface area contributed by atoms with Gasteiger partial charge in [0.25, 0.3) is 0 Å². The van der Waals surface area contributed by atoms with Crippen LogP contribution < -0.4 is 5.73 Å². The van der Waals surface area contributed by atoms with Gasteiger partial charge in [0.05, 0.1) is 12.2 Å². The molecule has 1 aromatic heterocycles. The summed E-state index contributed by atoms with van der Waals surface area (Å²) in [7, 11) is 0. The van der Waals surface area contributed by atoms with Crippen molar-refractivity contribution in [1.82, 2.24) is 15.4 Å². The molecule has 0 saturated heterocycles. The lowest BCUT2D eigenvalue weighted by molar-refractivity contribution is 0.815. The zero-order valence-corrected chi connectivity index (χ0v) is 9.17. The van der Waals surface area contributed by atoms with Crippen molar-refractivity contribution in [2.24, 2.45) is 5.73 Å². The van der Waals surface area contributed by atoms with Crippen molar-refractivity contribution < 1.29 is 0 Å². The van der Waals surface area contributed by atoms with E-state index in [1.165, 1.54) is 5.39 Å². The van der Waals surface area contributed by atoms with Crippen molar-refractivity contribution in [2.75, 3.05) is 0 Å². The van der Waals surface area contributed by atoms with Gasteiger partial charge in [0, 0.05) is 0 Å². The van der Waals surface area contributed by atoms with Crippen LogP contribution in [0.4, 0.5) is 0 Å². The third-order valence-corrected chi connectivity index (χ3v) is 2.91. The Balaban J connectivity index is 2.17. The van der Waals surface area contributed by atoms with Crippen LogP contribution >= 0.6 is 0 Å². The van der Waals surface area contributed by atoms with Gasteiger partial charge in [-0.2, -0.15) is 15.4 Å². The highest BCUT2D eigenvalue weighted by Crippen LogP contribution is 2.25. The average molecular weight is 224 g/mol. The van der Waals surface area contributed by atoms with Gasteiger partial charge >= 0.3 is 0 Å². The normalized spacial score (nSPS) is 12.8. The lowest BCUT2D eigenvalue weighted by Crippen LogP contribution is -2.12. The number of fused-ring (bicyclic) bond motifs is 1. The molecule has 1 unspecified atom stereocenters. The summed E-state index contributed by atoms with van der Waals surface area (Å²) < 4.78 is 0. The molecule has 0 bridgehead atoms. The summed E-state index contributed by atoms with van der Waals surface area (Å²) in [5.41, 5.74) is 8.02. The summed E-state index contributed by atoms with van der Waals surface area (Å²) >= 11 is 0. The number of hydrogen-bond acceptors (Lipinski definition) is 3. The number of aromatic amines is 1. The van der Waals surface area contributed by atoms with E-state index in [9.17, 15) is 0 Å². The van der Waals surface area contributed by atoms with Crippen molar-refractivity contribution in [1.29, 1.82) is 0 Å². The molecular weight excluding hydrogens is 212 g/mol. The molecule has 3 aromatic rings. The van der Waals surface area contributed by atoms with Crippen LogP contribution in [-0.4, -0.2) is 15.4 Å². The van der Waals surface area contributed by atoms with Gasteiger partial charge in [0.2, 0.25) is 0 Å². The molecule has 0 aliphatic carbocycles. The number of nitrogens with one attached hydrogen (secondary N) is 1. The van der Waals surface area contributed by atoms with Gasteiger partial charge in [-0.05, 0) is 16.3 Å². The van der Waals surface area contributed by atoms with Gasteiger partial charge in [-0.1, -0.05) is 42.5 Å². The predicted octanol–water partition coefficient (Wildman–Crippen LogP) is 2.01. The lowest BCUT2D eigenvalue weighted by atomic mass is 9.98. The number of hydrogen-bond donors (Lipinski definition) is 2. The summed E-state index contributed by atoms with van der Waals surface area (Å²) in [4.78, 5) is 0. The van der Waals surface area contributed by atoms with Gasteiger partial charge in [0.15, 0.2) is 0 Å². The molecule has 0 aliphatic rings. The van der Waals surface area contributed by atoms with Crippen LogP contribution in [0, 0.1) is 0 Å². The smallest absolute Gasteiger partial charge is 0.104 e. The minimum absolute atomic E-state index is 0.250. The molecule has 4 nitrogen and oxygen atoms in total. The molecule has 0 aliphatic heterocycles. The molecule has 17 heavy (non-hydrogen) atoms. The fourth-order valence-corrected chi connectivity index (χ4v) is 2.04. The van der Waals surface area contributed by atoms with Crippen molar-refractivity contribution in [3.8, 4) is 0 Å². The third-order valence-electron chi connectivity index (χ3n) is 2.91. The molecule has 0 spiro atoms. The van der Waals surface area contributed by atoms with E-state index in [1.807, 2.05) is 24.3 Å². The van der Waals surface area contributed by atoms with E-state index in [4.69, 9.17) is 5.73 Å². The van der Waals surface area contributed by atoms with Gasteiger partial charge in [-0.25, -0.2) is 0 Å². The monoisotopic (exact) mass is 224 g/mol. The van der Waals surface area contributed by atoms with E-state index >= 15 is 0 Å². The van der Waals surface area contributed by atoms with E-state index in [0.29, 0.717) is 0 Å². The summed E-state index contributed by atoms with van der Waals surface area (Å²) in [5.74, 6) is 0. The van der Waals surface area contributed by atoms with Crippen LogP contribution in [0.2, 0.25) is 0 Å². The van der Waals surface area contributed by atoms with E-state index in [2.05, 4.69) is 33.6 Å². The third kappa shape index (κ3) is 1.68. The molecule has 0 amide bonds. The largest absolute Gasteiger partial charge is 0.319 e. The van der Waals surface area contributed by atoms with E-state index in [-0.39, 0.29) is 6.04 Å². The Morgan fingerprint density at radius 1 is 1.06 bits per heavy atom. The lowest BCUT2D eigenvalue weighted by Gasteiger charge is -2.11. The molecule has 1 heterocycles. The Morgan fingerprint density at radius 3 is 2.71 bits per heavy atom. The second-order valence-corrected chi connectivity index (χ2v) is 3.94. The van der Waals surface area contributed by atoms with Crippen LogP contribution in [0.3, 0.4) is 0 Å². The predicted molar refractivity (Wildman–Crippen MR) is 66.4 cm³/mol. The van der Waals surface area contributed by atoms with Crippen molar-refractivity contribution in [3.63, 3.8) is 0 Å². The van der Waals surface area contributed by atoms with Crippen LogP contribution in [0.5, 0.6) is 0 Å². The minimum Gasteiger partial charge on any atom is -0.319 e. The highest BCUT2D eigenvalue weighted by molar-refractivity contribution is 5.86. The Hall–Kier alpha value is -2.20. The number of nitrogens with zero attached hydrogens (tertiary/aromatic N) is 2. The second kappa shape index (κ2) is 3.99. The molecule has 3 N–H and O–H groups in total. The number of H-pyrrole nitrogens is 1. The van der Waals surface area contributed by atoms with Crippen LogP contribution in [-0.2, 0) is 0 Å². The summed E-state index contributed by atoms with van der Waals surface area (Å²) in [6.45, 7) is 0. The molecule has 84 valence electrons. The molecule has 0 saturated carbocycles. The number of rotatable bonds is 2. The number of aromatic nitrogens is 3. The highest BCUT2D eigenvalue weighted by atomic mass is 15.3. The second-order valence-electron chi connectivity index (χ2n) is 3.94. The van der Waals surface area contributed by atoms with E-state index < -0.39 is 0 Å². The van der Waals surface area contributed by atoms with Crippen molar-refractivity contribution in [3.05, 3.63) is 59.9 Å². The molecule has 0 radical (unpaired) electrons. The molecule has 3 rings (SSSR count). The molecule has 0 fully saturated rings. The maximum Gasteiger partial charge on any atom is 0.104 e. The van der Waals surface area contributed by atoms with Gasteiger partial charge < -0.3 is 5.73 Å². The molecular formula is C13H12N4. The first-order valence-corrected chi connectivity index (χ1v) is 5.45. The molecule has 1 atom stereocenters. The first-order chi connectivity index (χ1) is 8.36. The maximum absolute atomic E-state index is 6.20.